The smallest absolute Gasteiger partial charge is 0.243 e. The van der Waals surface area contributed by atoms with Crippen LogP contribution in [0.2, 0.25) is 0 Å². The number of nitrogens with zero attached hydrogens (tertiary/aromatic N) is 4. The number of fused-ring (bicyclic) bond motifs is 1. The third-order valence-corrected chi connectivity index (χ3v) is 9.53. The first-order valence-electron chi connectivity index (χ1n) is 12.4. The molecule has 7 rings (SSSR count). The molecular weight excluding hydrogens is 479 g/mol. The minimum absolute atomic E-state index is 0.0259. The number of pyridine rings is 1. The van der Waals surface area contributed by atoms with Gasteiger partial charge in [-0.1, -0.05) is 0 Å². The monoisotopic (exact) mass is 506 g/mol. The van der Waals surface area contributed by atoms with Crippen LogP contribution in [0.15, 0.2) is 53.7 Å². The SMILES string of the molecule is Cc1ncc(-c2cc(CCC(=O)[C@@H]3C4CC(C4)N3S(=O)(=O)c3ccc(F)cc3)nc(C3CC3)c2)cn1. The highest BCUT2D eigenvalue weighted by Gasteiger charge is 2.58. The van der Waals surface area contributed by atoms with E-state index in [4.69, 9.17) is 4.98 Å². The van der Waals surface area contributed by atoms with E-state index < -0.39 is 21.9 Å². The number of benzene rings is 1. The van der Waals surface area contributed by atoms with Gasteiger partial charge in [-0.15, -0.1) is 0 Å². The lowest BCUT2D eigenvalue weighted by Crippen LogP contribution is -2.41. The molecule has 2 saturated carbocycles. The molecule has 0 amide bonds. The Morgan fingerprint density at radius 2 is 1.75 bits per heavy atom. The van der Waals surface area contributed by atoms with Crippen LogP contribution in [0.25, 0.3) is 11.1 Å². The molecule has 2 aliphatic carbocycles. The molecule has 2 bridgehead atoms. The summed E-state index contributed by atoms with van der Waals surface area (Å²) in [5.74, 6) is 0.623. The standard InChI is InChI=1S/C27H27FN4O3S/c1-16-29-14-20(15-30-16)18-10-22(31-25(13-18)17-2-3-17)6-9-26(33)27-19-11-23(12-19)32(27)36(34,35)24-7-4-21(28)5-8-24/h4-5,7-8,10,13-15,17,19,23,27H,2-3,6,9,11-12H2,1H3/t19?,23?,27-/m0/s1. The molecule has 186 valence electrons. The Labute approximate surface area is 209 Å². The Morgan fingerprint density at radius 1 is 1.06 bits per heavy atom. The summed E-state index contributed by atoms with van der Waals surface area (Å²) in [5, 5.41) is 0. The van der Waals surface area contributed by atoms with Crippen molar-refractivity contribution in [1.29, 1.82) is 0 Å². The largest absolute Gasteiger partial charge is 0.298 e. The van der Waals surface area contributed by atoms with Gasteiger partial charge in [-0.05, 0) is 86.9 Å². The number of aryl methyl sites for hydroxylation is 2. The summed E-state index contributed by atoms with van der Waals surface area (Å²) in [5.41, 5.74) is 3.74. The van der Waals surface area contributed by atoms with Crippen molar-refractivity contribution in [2.24, 2.45) is 5.92 Å². The minimum atomic E-state index is -3.88. The fraction of sp³-hybridized carbons (Fsp3) is 0.407. The maximum Gasteiger partial charge on any atom is 0.243 e. The van der Waals surface area contributed by atoms with Crippen molar-refractivity contribution in [2.45, 2.75) is 68.3 Å². The maximum absolute atomic E-state index is 13.4. The molecule has 0 unspecified atom stereocenters. The van der Waals surface area contributed by atoms with E-state index in [1.54, 1.807) is 12.4 Å². The molecular formula is C27H27FN4O3S. The molecule has 3 aromatic rings. The van der Waals surface area contributed by atoms with E-state index in [9.17, 15) is 17.6 Å². The summed E-state index contributed by atoms with van der Waals surface area (Å²) in [6.07, 6.45) is 7.88. The van der Waals surface area contributed by atoms with Crippen LogP contribution in [0, 0.1) is 18.7 Å². The van der Waals surface area contributed by atoms with Crippen molar-refractivity contribution in [3.05, 3.63) is 71.8 Å². The Kier molecular flexibility index (Phi) is 5.72. The predicted octanol–water partition coefficient (Wildman–Crippen LogP) is 4.22. The molecule has 0 radical (unpaired) electrons. The lowest BCUT2D eigenvalue weighted by molar-refractivity contribution is -0.122. The average Bonchev–Trinajstić information content (AvgIpc) is 3.53. The first-order valence-corrected chi connectivity index (χ1v) is 13.9. The Morgan fingerprint density at radius 3 is 2.42 bits per heavy atom. The number of Topliss-reactive ketones (excluding diaryl/α,β-unsaturated/α-hetero) is 1. The molecule has 0 N–H and O–H groups in total. The molecule has 36 heavy (non-hydrogen) atoms. The van der Waals surface area contributed by atoms with Crippen LogP contribution >= 0.6 is 0 Å². The molecule has 2 saturated heterocycles. The molecule has 4 fully saturated rings. The van der Waals surface area contributed by atoms with E-state index in [0.717, 1.165) is 47.5 Å². The number of carbonyl (C=O) groups is 1. The quantitative estimate of drug-likeness (QED) is 0.454. The van der Waals surface area contributed by atoms with Gasteiger partial charge in [0.05, 0.1) is 10.9 Å². The summed E-state index contributed by atoms with van der Waals surface area (Å²) >= 11 is 0. The zero-order chi connectivity index (χ0) is 25.0. The van der Waals surface area contributed by atoms with E-state index >= 15 is 0 Å². The maximum atomic E-state index is 13.4. The number of hydrogen-bond acceptors (Lipinski definition) is 6. The molecule has 4 aliphatic rings. The summed E-state index contributed by atoms with van der Waals surface area (Å²) < 4.78 is 41.5. The number of halogens is 1. The number of hydrogen-bond donors (Lipinski definition) is 0. The van der Waals surface area contributed by atoms with Gasteiger partial charge in [0, 0.05) is 47.7 Å². The van der Waals surface area contributed by atoms with Gasteiger partial charge < -0.3 is 0 Å². The lowest BCUT2D eigenvalue weighted by Gasteiger charge is -2.25. The zero-order valence-corrected chi connectivity index (χ0v) is 20.8. The molecule has 1 atom stereocenters. The van der Waals surface area contributed by atoms with Gasteiger partial charge in [0.1, 0.15) is 11.6 Å². The average molecular weight is 507 g/mol. The summed E-state index contributed by atoms with van der Waals surface area (Å²) in [6, 6.07) is 8.05. The summed E-state index contributed by atoms with van der Waals surface area (Å²) in [6.45, 7) is 1.84. The van der Waals surface area contributed by atoms with Gasteiger partial charge in [-0.2, -0.15) is 4.31 Å². The number of sulfonamides is 1. The van der Waals surface area contributed by atoms with E-state index in [1.807, 2.05) is 13.0 Å². The van der Waals surface area contributed by atoms with Crippen molar-refractivity contribution < 1.29 is 17.6 Å². The van der Waals surface area contributed by atoms with Crippen LogP contribution < -0.4 is 0 Å². The predicted molar refractivity (Wildman–Crippen MR) is 131 cm³/mol. The second-order valence-electron chi connectivity index (χ2n) is 10.2. The lowest BCUT2D eigenvalue weighted by atomic mass is 9.81. The van der Waals surface area contributed by atoms with E-state index in [1.165, 1.54) is 16.4 Å². The fourth-order valence-corrected chi connectivity index (χ4v) is 7.32. The van der Waals surface area contributed by atoms with Gasteiger partial charge in [0.25, 0.3) is 0 Å². The molecule has 4 heterocycles. The van der Waals surface area contributed by atoms with Gasteiger partial charge in [0.15, 0.2) is 5.78 Å². The van der Waals surface area contributed by atoms with Crippen molar-refractivity contribution in [2.75, 3.05) is 0 Å². The van der Waals surface area contributed by atoms with Crippen LogP contribution in [0.1, 0.15) is 55.2 Å². The molecule has 7 nitrogen and oxygen atoms in total. The fourth-order valence-electron chi connectivity index (χ4n) is 5.44. The highest BCUT2D eigenvalue weighted by Crippen LogP contribution is 2.49. The normalized spacial score (nSPS) is 23.4. The molecule has 1 aromatic carbocycles. The summed E-state index contributed by atoms with van der Waals surface area (Å²) in [4.78, 5) is 26.9. The van der Waals surface area contributed by atoms with Crippen molar-refractivity contribution in [3.63, 3.8) is 0 Å². The van der Waals surface area contributed by atoms with Crippen LogP contribution in [-0.4, -0.2) is 45.5 Å². The van der Waals surface area contributed by atoms with E-state index in [2.05, 4.69) is 16.0 Å². The van der Waals surface area contributed by atoms with Crippen molar-refractivity contribution >= 4 is 15.8 Å². The van der Waals surface area contributed by atoms with Crippen LogP contribution in [0.4, 0.5) is 4.39 Å². The van der Waals surface area contributed by atoms with Crippen LogP contribution in [0.3, 0.4) is 0 Å². The first-order chi connectivity index (χ1) is 17.3. The number of aromatic nitrogens is 3. The highest BCUT2D eigenvalue weighted by atomic mass is 32.2. The van der Waals surface area contributed by atoms with E-state index in [-0.39, 0.29) is 29.1 Å². The van der Waals surface area contributed by atoms with Crippen molar-refractivity contribution in [3.8, 4) is 11.1 Å². The van der Waals surface area contributed by atoms with E-state index in [0.29, 0.717) is 31.0 Å². The second-order valence-corrected chi connectivity index (χ2v) is 12.0. The van der Waals surface area contributed by atoms with Crippen molar-refractivity contribution in [1.82, 2.24) is 19.3 Å². The zero-order valence-electron chi connectivity index (χ0n) is 20.0. The van der Waals surface area contributed by atoms with Crippen LogP contribution in [-0.2, 0) is 21.2 Å². The second kappa shape index (κ2) is 8.81. The van der Waals surface area contributed by atoms with Gasteiger partial charge in [-0.3, -0.25) is 9.78 Å². The van der Waals surface area contributed by atoms with Gasteiger partial charge >= 0.3 is 0 Å². The molecule has 2 aliphatic heterocycles. The van der Waals surface area contributed by atoms with Crippen LogP contribution in [0.5, 0.6) is 0 Å². The topological polar surface area (TPSA) is 93.1 Å². The van der Waals surface area contributed by atoms with Gasteiger partial charge in [-0.25, -0.2) is 22.8 Å². The highest BCUT2D eigenvalue weighted by molar-refractivity contribution is 7.89. The number of carbonyl (C=O) groups excluding carboxylic acids is 1. The number of ketones is 1. The third kappa shape index (κ3) is 4.24. The Hall–Kier alpha value is -3.04. The molecule has 0 spiro atoms. The Balaban J connectivity index is 1.22. The minimum Gasteiger partial charge on any atom is -0.298 e. The summed E-state index contributed by atoms with van der Waals surface area (Å²) in [7, 11) is -3.88. The first kappa shape index (κ1) is 23.4. The van der Waals surface area contributed by atoms with Gasteiger partial charge in [0.2, 0.25) is 10.0 Å². The Bertz CT molecular complexity index is 1420. The third-order valence-electron chi connectivity index (χ3n) is 7.58. The molecule has 2 aromatic heterocycles. The number of rotatable bonds is 8. The molecule has 9 heteroatoms.